The number of nitrogens with one attached hydrogen (secondary N) is 1. The van der Waals surface area contributed by atoms with E-state index in [0.717, 1.165) is 22.2 Å². The van der Waals surface area contributed by atoms with E-state index in [1.807, 2.05) is 32.0 Å². The van der Waals surface area contributed by atoms with Crippen LogP contribution in [0.5, 0.6) is 0 Å². The topological polar surface area (TPSA) is 68.0 Å². The van der Waals surface area contributed by atoms with Gasteiger partial charge in [-0.15, -0.1) is 12.4 Å². The maximum absolute atomic E-state index is 12.1. The second-order valence-electron chi connectivity index (χ2n) is 5.06. The van der Waals surface area contributed by atoms with Gasteiger partial charge in [-0.1, -0.05) is 36.8 Å². The zero-order valence-corrected chi connectivity index (χ0v) is 13.5. The van der Waals surface area contributed by atoms with Gasteiger partial charge in [0.25, 0.3) is 0 Å². The number of benzene rings is 1. The Morgan fingerprint density at radius 1 is 1.50 bits per heavy atom. The number of thiazole rings is 1. The van der Waals surface area contributed by atoms with Crippen LogP contribution in [-0.4, -0.2) is 16.4 Å². The molecule has 0 aliphatic carbocycles. The van der Waals surface area contributed by atoms with Crippen molar-refractivity contribution in [3.05, 3.63) is 23.8 Å². The van der Waals surface area contributed by atoms with Crippen LogP contribution in [0.15, 0.2) is 18.2 Å². The molecule has 6 heteroatoms. The summed E-state index contributed by atoms with van der Waals surface area (Å²) in [6, 6.07) is 6.01. The Labute approximate surface area is 129 Å². The van der Waals surface area contributed by atoms with Crippen molar-refractivity contribution in [2.45, 2.75) is 39.2 Å². The quantitative estimate of drug-likeness (QED) is 0.908. The van der Waals surface area contributed by atoms with Gasteiger partial charge in [0.15, 0.2) is 5.13 Å². The molecular weight excluding hydrogens is 294 g/mol. The summed E-state index contributed by atoms with van der Waals surface area (Å²) in [6.45, 7) is 5.78. The first kappa shape index (κ1) is 16.9. The van der Waals surface area contributed by atoms with Crippen LogP contribution in [-0.2, 0) is 4.79 Å². The SMILES string of the molecule is CCCC(C)(N)C(=O)Nc1nc2c(C)cccc2s1.Cl. The first-order valence-electron chi connectivity index (χ1n) is 6.40. The van der Waals surface area contributed by atoms with Gasteiger partial charge in [-0.3, -0.25) is 4.79 Å². The number of carbonyl (C=O) groups excluding carboxylic acids is 1. The lowest BCUT2D eigenvalue weighted by molar-refractivity contribution is -0.120. The Hall–Kier alpha value is -1.17. The number of aryl methyl sites for hydroxylation is 1. The van der Waals surface area contributed by atoms with E-state index < -0.39 is 5.54 Å². The molecule has 1 aromatic carbocycles. The van der Waals surface area contributed by atoms with E-state index in [4.69, 9.17) is 5.73 Å². The van der Waals surface area contributed by atoms with Crippen LogP contribution >= 0.6 is 23.7 Å². The summed E-state index contributed by atoms with van der Waals surface area (Å²) in [7, 11) is 0. The molecule has 0 fully saturated rings. The van der Waals surface area contributed by atoms with Crippen molar-refractivity contribution in [3.63, 3.8) is 0 Å². The first-order valence-corrected chi connectivity index (χ1v) is 7.22. The summed E-state index contributed by atoms with van der Waals surface area (Å²) in [4.78, 5) is 16.6. The summed E-state index contributed by atoms with van der Waals surface area (Å²) in [5.74, 6) is -0.175. The minimum atomic E-state index is -0.846. The number of anilines is 1. The molecule has 0 bridgehead atoms. The third kappa shape index (κ3) is 3.48. The van der Waals surface area contributed by atoms with Crippen molar-refractivity contribution in [2.75, 3.05) is 5.32 Å². The average molecular weight is 314 g/mol. The van der Waals surface area contributed by atoms with Gasteiger partial charge in [0.05, 0.1) is 15.8 Å². The van der Waals surface area contributed by atoms with Crippen LogP contribution in [0.1, 0.15) is 32.3 Å². The van der Waals surface area contributed by atoms with Gasteiger partial charge in [0.2, 0.25) is 5.91 Å². The van der Waals surface area contributed by atoms with Crippen molar-refractivity contribution in [1.82, 2.24) is 4.98 Å². The molecule has 1 unspecified atom stereocenters. The molecule has 0 spiro atoms. The second-order valence-corrected chi connectivity index (χ2v) is 6.09. The van der Waals surface area contributed by atoms with Crippen LogP contribution in [0, 0.1) is 6.92 Å². The molecule has 4 nitrogen and oxygen atoms in total. The smallest absolute Gasteiger partial charge is 0.245 e. The van der Waals surface area contributed by atoms with Crippen molar-refractivity contribution < 1.29 is 4.79 Å². The number of aromatic nitrogens is 1. The normalized spacial score (nSPS) is 13.6. The highest BCUT2D eigenvalue weighted by Gasteiger charge is 2.27. The van der Waals surface area contributed by atoms with E-state index >= 15 is 0 Å². The van der Waals surface area contributed by atoms with Crippen molar-refractivity contribution in [3.8, 4) is 0 Å². The van der Waals surface area contributed by atoms with Gasteiger partial charge >= 0.3 is 0 Å². The van der Waals surface area contributed by atoms with E-state index in [0.29, 0.717) is 11.6 Å². The average Bonchev–Trinajstić information content (AvgIpc) is 2.73. The van der Waals surface area contributed by atoms with Crippen LogP contribution in [0.3, 0.4) is 0 Å². The molecule has 0 radical (unpaired) electrons. The van der Waals surface area contributed by atoms with Gasteiger partial charge < -0.3 is 11.1 Å². The number of nitrogens with zero attached hydrogens (tertiary/aromatic N) is 1. The van der Waals surface area contributed by atoms with Gasteiger partial charge in [0.1, 0.15) is 0 Å². The van der Waals surface area contributed by atoms with E-state index in [1.54, 1.807) is 6.92 Å². The molecule has 3 N–H and O–H groups in total. The Balaban J connectivity index is 0.00000200. The number of hydrogen-bond acceptors (Lipinski definition) is 4. The number of para-hydroxylation sites is 1. The fourth-order valence-corrected chi connectivity index (χ4v) is 2.95. The molecule has 2 aromatic rings. The Kier molecular flexibility index (Phi) is 5.50. The van der Waals surface area contributed by atoms with Crippen LogP contribution in [0.4, 0.5) is 5.13 Å². The van der Waals surface area contributed by atoms with Crippen molar-refractivity contribution >= 4 is 45.0 Å². The highest BCUT2D eigenvalue weighted by Crippen LogP contribution is 2.28. The lowest BCUT2D eigenvalue weighted by atomic mass is 9.97. The standard InChI is InChI=1S/C14H19N3OS.ClH/c1-4-8-14(3,15)12(18)17-13-16-11-9(2)6-5-7-10(11)19-13;/h5-7H,4,8,15H2,1-3H3,(H,16,17,18);1H. The molecule has 1 heterocycles. The first-order chi connectivity index (χ1) is 8.94. The third-order valence-electron chi connectivity index (χ3n) is 3.13. The zero-order chi connectivity index (χ0) is 14.0. The van der Waals surface area contributed by atoms with E-state index in [9.17, 15) is 4.79 Å². The van der Waals surface area contributed by atoms with Crippen LogP contribution in [0.25, 0.3) is 10.2 Å². The maximum atomic E-state index is 12.1. The summed E-state index contributed by atoms with van der Waals surface area (Å²) in [5, 5.41) is 3.44. The van der Waals surface area contributed by atoms with E-state index in [1.165, 1.54) is 11.3 Å². The van der Waals surface area contributed by atoms with Crippen molar-refractivity contribution in [1.29, 1.82) is 0 Å². The molecule has 1 atom stereocenters. The molecular formula is C14H20ClN3OS. The lowest BCUT2D eigenvalue weighted by Gasteiger charge is -2.21. The molecule has 0 aliphatic rings. The Morgan fingerprint density at radius 2 is 2.20 bits per heavy atom. The molecule has 2 rings (SSSR count). The molecule has 0 saturated heterocycles. The number of nitrogens with two attached hydrogens (primary N) is 1. The summed E-state index contributed by atoms with van der Waals surface area (Å²) >= 11 is 1.48. The summed E-state index contributed by atoms with van der Waals surface area (Å²) < 4.78 is 1.07. The zero-order valence-electron chi connectivity index (χ0n) is 11.9. The van der Waals surface area contributed by atoms with Gasteiger partial charge in [-0.2, -0.15) is 0 Å². The number of halogens is 1. The highest BCUT2D eigenvalue weighted by atomic mass is 35.5. The summed E-state index contributed by atoms with van der Waals surface area (Å²) in [5.41, 5.74) is 7.21. The second kappa shape index (κ2) is 6.52. The van der Waals surface area contributed by atoms with Gasteiger partial charge in [-0.25, -0.2) is 4.98 Å². The Bertz CT molecular complexity index is 609. The molecule has 1 aromatic heterocycles. The van der Waals surface area contributed by atoms with E-state index in [-0.39, 0.29) is 18.3 Å². The maximum Gasteiger partial charge on any atom is 0.245 e. The molecule has 110 valence electrons. The Morgan fingerprint density at radius 3 is 2.80 bits per heavy atom. The molecule has 0 aliphatic heterocycles. The number of hydrogen-bond donors (Lipinski definition) is 2. The van der Waals surface area contributed by atoms with Gasteiger partial charge in [-0.05, 0) is 31.9 Å². The minimum absolute atomic E-state index is 0. The number of rotatable bonds is 4. The highest BCUT2D eigenvalue weighted by molar-refractivity contribution is 7.22. The van der Waals surface area contributed by atoms with Crippen LogP contribution in [0.2, 0.25) is 0 Å². The van der Waals surface area contributed by atoms with Crippen LogP contribution < -0.4 is 11.1 Å². The molecule has 20 heavy (non-hydrogen) atoms. The number of fused-ring (bicyclic) bond motifs is 1. The predicted molar refractivity (Wildman–Crippen MR) is 87.7 cm³/mol. The van der Waals surface area contributed by atoms with Gasteiger partial charge in [0, 0.05) is 0 Å². The fraction of sp³-hybridized carbons (Fsp3) is 0.429. The lowest BCUT2D eigenvalue weighted by Crippen LogP contribution is -2.48. The predicted octanol–water partition coefficient (Wildman–Crippen LogP) is 3.48. The van der Waals surface area contributed by atoms with E-state index in [2.05, 4.69) is 10.3 Å². The monoisotopic (exact) mass is 313 g/mol. The number of carbonyl (C=O) groups is 1. The molecule has 1 amide bonds. The van der Waals surface area contributed by atoms with Crippen molar-refractivity contribution in [2.24, 2.45) is 5.73 Å². The fourth-order valence-electron chi connectivity index (χ4n) is 2.01. The number of amides is 1. The third-order valence-corrected chi connectivity index (χ3v) is 4.07. The minimum Gasteiger partial charge on any atom is -0.318 e. The summed E-state index contributed by atoms with van der Waals surface area (Å²) in [6.07, 6.45) is 1.53. The largest absolute Gasteiger partial charge is 0.318 e. The molecule has 0 saturated carbocycles.